The Morgan fingerprint density at radius 1 is 1.24 bits per heavy atom. The fourth-order valence-electron chi connectivity index (χ4n) is 1.83. The Labute approximate surface area is 132 Å². The second kappa shape index (κ2) is 8.64. The van der Waals surface area contributed by atoms with E-state index in [2.05, 4.69) is 10.6 Å². The van der Waals surface area contributed by atoms with Crippen molar-refractivity contribution >= 4 is 24.2 Å². The van der Waals surface area contributed by atoms with Crippen molar-refractivity contribution in [1.82, 2.24) is 10.6 Å². The Kier molecular flexibility index (Phi) is 7.99. The van der Waals surface area contributed by atoms with Gasteiger partial charge in [0, 0.05) is 26.1 Å². The van der Waals surface area contributed by atoms with Crippen LogP contribution < -0.4 is 16.4 Å². The summed E-state index contributed by atoms with van der Waals surface area (Å²) in [4.78, 5) is 23.5. The van der Waals surface area contributed by atoms with Gasteiger partial charge in [0.05, 0.1) is 5.41 Å². The average Bonchev–Trinajstić information content (AvgIpc) is 2.45. The number of amides is 2. The molecule has 6 heteroatoms. The molecule has 2 amide bonds. The summed E-state index contributed by atoms with van der Waals surface area (Å²) >= 11 is 0. The van der Waals surface area contributed by atoms with Gasteiger partial charge in [-0.15, -0.1) is 12.4 Å². The Hall–Kier alpha value is -1.59. The molecule has 4 N–H and O–H groups in total. The zero-order chi connectivity index (χ0) is 15.2. The summed E-state index contributed by atoms with van der Waals surface area (Å²) in [5, 5.41) is 5.34. The first-order chi connectivity index (χ1) is 9.36. The molecule has 0 aliphatic heterocycles. The third kappa shape index (κ3) is 6.14. The van der Waals surface area contributed by atoms with Crippen molar-refractivity contribution in [3.8, 4) is 0 Å². The molecule has 0 saturated carbocycles. The SMILES string of the molecule is CNC(=O)C(C)(C)CNC(=O)CC(N)c1ccccc1.Cl. The van der Waals surface area contributed by atoms with E-state index in [1.54, 1.807) is 20.9 Å². The molecule has 21 heavy (non-hydrogen) atoms. The topological polar surface area (TPSA) is 84.2 Å². The normalized spacial score (nSPS) is 12.0. The Morgan fingerprint density at radius 3 is 2.33 bits per heavy atom. The van der Waals surface area contributed by atoms with E-state index >= 15 is 0 Å². The standard InChI is InChI=1S/C15H23N3O2.ClH/c1-15(2,14(20)17-3)10-18-13(19)9-12(16)11-7-5-4-6-8-11;/h4-8,12H,9-10,16H2,1-3H3,(H,17,20)(H,18,19);1H. The van der Waals surface area contributed by atoms with Crippen LogP contribution in [0.4, 0.5) is 0 Å². The van der Waals surface area contributed by atoms with E-state index in [0.29, 0.717) is 0 Å². The number of rotatable bonds is 6. The van der Waals surface area contributed by atoms with Crippen molar-refractivity contribution in [2.45, 2.75) is 26.3 Å². The number of nitrogens with one attached hydrogen (secondary N) is 2. The van der Waals surface area contributed by atoms with Crippen molar-refractivity contribution in [2.75, 3.05) is 13.6 Å². The highest BCUT2D eigenvalue weighted by atomic mass is 35.5. The molecule has 0 saturated heterocycles. The van der Waals surface area contributed by atoms with Gasteiger partial charge in [-0.3, -0.25) is 9.59 Å². The second-order valence-corrected chi connectivity index (χ2v) is 5.46. The molecule has 0 fully saturated rings. The van der Waals surface area contributed by atoms with E-state index in [-0.39, 0.29) is 43.2 Å². The summed E-state index contributed by atoms with van der Waals surface area (Å²) in [6.07, 6.45) is 0.202. The predicted molar refractivity (Wildman–Crippen MR) is 86.1 cm³/mol. The summed E-state index contributed by atoms with van der Waals surface area (Å²) in [5.74, 6) is -0.261. The average molecular weight is 314 g/mol. The third-order valence-electron chi connectivity index (χ3n) is 3.20. The number of hydrogen-bond acceptors (Lipinski definition) is 3. The predicted octanol–water partition coefficient (Wildman–Crippen LogP) is 1.39. The lowest BCUT2D eigenvalue weighted by atomic mass is 9.92. The summed E-state index contributed by atoms with van der Waals surface area (Å²) in [6, 6.07) is 9.14. The molecule has 118 valence electrons. The molecule has 1 unspecified atom stereocenters. The van der Waals surface area contributed by atoms with Gasteiger partial charge in [0.25, 0.3) is 0 Å². The molecule has 0 bridgehead atoms. The Balaban J connectivity index is 0.00000400. The van der Waals surface area contributed by atoms with Gasteiger partial charge in [0.2, 0.25) is 11.8 Å². The smallest absolute Gasteiger partial charge is 0.227 e. The quantitative estimate of drug-likeness (QED) is 0.742. The molecular weight excluding hydrogens is 290 g/mol. The van der Waals surface area contributed by atoms with E-state index in [9.17, 15) is 9.59 Å². The van der Waals surface area contributed by atoms with E-state index in [0.717, 1.165) is 5.56 Å². The van der Waals surface area contributed by atoms with Crippen LogP contribution in [-0.2, 0) is 9.59 Å². The molecule has 5 nitrogen and oxygen atoms in total. The Bertz CT molecular complexity index is 463. The van der Waals surface area contributed by atoms with Gasteiger partial charge in [-0.25, -0.2) is 0 Å². The van der Waals surface area contributed by atoms with E-state index < -0.39 is 5.41 Å². The van der Waals surface area contributed by atoms with Crippen LogP contribution in [0.2, 0.25) is 0 Å². The summed E-state index contributed by atoms with van der Waals surface area (Å²) in [6.45, 7) is 3.85. The Morgan fingerprint density at radius 2 is 1.81 bits per heavy atom. The highest BCUT2D eigenvalue weighted by Crippen LogP contribution is 2.15. The van der Waals surface area contributed by atoms with Gasteiger partial charge < -0.3 is 16.4 Å². The first-order valence-electron chi connectivity index (χ1n) is 6.66. The fraction of sp³-hybridized carbons (Fsp3) is 0.467. The molecule has 0 radical (unpaired) electrons. The number of nitrogens with two attached hydrogens (primary N) is 1. The van der Waals surface area contributed by atoms with Crippen LogP contribution in [0.3, 0.4) is 0 Å². The molecule has 1 atom stereocenters. The summed E-state index contributed by atoms with van der Waals surface area (Å²) < 4.78 is 0. The molecule has 0 aliphatic carbocycles. The first kappa shape index (κ1) is 19.4. The van der Waals surface area contributed by atoms with Crippen LogP contribution >= 0.6 is 12.4 Å². The molecule has 0 heterocycles. The highest BCUT2D eigenvalue weighted by Gasteiger charge is 2.27. The monoisotopic (exact) mass is 313 g/mol. The largest absolute Gasteiger partial charge is 0.359 e. The zero-order valence-corrected chi connectivity index (χ0v) is 13.5. The lowest BCUT2D eigenvalue weighted by Crippen LogP contribution is -2.44. The second-order valence-electron chi connectivity index (χ2n) is 5.46. The highest BCUT2D eigenvalue weighted by molar-refractivity contribution is 5.85. The minimum Gasteiger partial charge on any atom is -0.359 e. The fourth-order valence-corrected chi connectivity index (χ4v) is 1.83. The lowest BCUT2D eigenvalue weighted by Gasteiger charge is -2.23. The summed E-state index contributed by atoms with van der Waals surface area (Å²) in [7, 11) is 1.58. The number of halogens is 1. The number of carbonyl (C=O) groups is 2. The molecule has 1 aromatic carbocycles. The maximum atomic E-state index is 11.9. The lowest BCUT2D eigenvalue weighted by molar-refractivity contribution is -0.129. The molecule has 1 rings (SSSR count). The summed E-state index contributed by atoms with van der Waals surface area (Å²) in [5.41, 5.74) is 6.27. The van der Waals surface area contributed by atoms with Gasteiger partial charge in [-0.1, -0.05) is 30.3 Å². The maximum Gasteiger partial charge on any atom is 0.227 e. The van der Waals surface area contributed by atoms with Crippen molar-refractivity contribution in [2.24, 2.45) is 11.1 Å². The number of carbonyl (C=O) groups excluding carboxylic acids is 2. The van der Waals surface area contributed by atoms with Crippen molar-refractivity contribution in [3.05, 3.63) is 35.9 Å². The minimum absolute atomic E-state index is 0. The van der Waals surface area contributed by atoms with Gasteiger partial charge in [0.1, 0.15) is 0 Å². The van der Waals surface area contributed by atoms with Gasteiger partial charge >= 0.3 is 0 Å². The van der Waals surface area contributed by atoms with Crippen LogP contribution in [0.15, 0.2) is 30.3 Å². The minimum atomic E-state index is -0.638. The molecular formula is C15H24ClN3O2. The third-order valence-corrected chi connectivity index (χ3v) is 3.20. The first-order valence-corrected chi connectivity index (χ1v) is 6.66. The van der Waals surface area contributed by atoms with Crippen LogP contribution in [-0.4, -0.2) is 25.4 Å². The maximum absolute atomic E-state index is 11.9. The van der Waals surface area contributed by atoms with Crippen molar-refractivity contribution in [1.29, 1.82) is 0 Å². The van der Waals surface area contributed by atoms with Crippen molar-refractivity contribution in [3.63, 3.8) is 0 Å². The van der Waals surface area contributed by atoms with Crippen LogP contribution in [0.1, 0.15) is 31.9 Å². The number of hydrogen-bond donors (Lipinski definition) is 3. The van der Waals surface area contributed by atoms with Crippen LogP contribution in [0.5, 0.6) is 0 Å². The molecule has 0 aliphatic rings. The molecule has 1 aromatic rings. The van der Waals surface area contributed by atoms with Gasteiger partial charge in [0.15, 0.2) is 0 Å². The van der Waals surface area contributed by atoms with E-state index in [1.807, 2.05) is 30.3 Å². The zero-order valence-electron chi connectivity index (χ0n) is 12.7. The van der Waals surface area contributed by atoms with Gasteiger partial charge in [-0.2, -0.15) is 0 Å². The van der Waals surface area contributed by atoms with Gasteiger partial charge in [-0.05, 0) is 19.4 Å². The number of benzene rings is 1. The van der Waals surface area contributed by atoms with Crippen LogP contribution in [0, 0.1) is 5.41 Å². The van der Waals surface area contributed by atoms with E-state index in [4.69, 9.17) is 5.73 Å². The molecule has 0 aromatic heterocycles. The van der Waals surface area contributed by atoms with Crippen LogP contribution in [0.25, 0.3) is 0 Å². The molecule has 0 spiro atoms. The van der Waals surface area contributed by atoms with E-state index in [1.165, 1.54) is 0 Å². The van der Waals surface area contributed by atoms with Crippen molar-refractivity contribution < 1.29 is 9.59 Å².